The molecule has 0 saturated heterocycles. The first-order chi connectivity index (χ1) is 4.57. The maximum Gasteiger partial charge on any atom is 0.223 e. The number of carbonyl (C=O) groups is 1. The predicted molar refractivity (Wildman–Crippen MR) is 45.7 cm³/mol. The van der Waals surface area contributed by atoms with E-state index in [-0.39, 0.29) is 5.91 Å². The van der Waals surface area contributed by atoms with Crippen LogP contribution in [0.3, 0.4) is 0 Å². The van der Waals surface area contributed by atoms with Gasteiger partial charge >= 0.3 is 0 Å². The molecule has 0 saturated carbocycles. The van der Waals surface area contributed by atoms with Crippen LogP contribution in [-0.4, -0.2) is 13.0 Å². The molecule has 0 aliphatic rings. The number of nitrogens with one attached hydrogen (secondary N) is 1. The lowest BCUT2D eigenvalue weighted by Crippen LogP contribution is -2.20. The molecule has 0 aliphatic heterocycles. The maximum atomic E-state index is 10.5. The third-order valence-corrected chi connectivity index (χ3v) is 1.39. The normalized spacial score (nSPS) is 8.40. The molecule has 0 rings (SSSR count). The van der Waals surface area contributed by atoms with Crippen molar-refractivity contribution in [3.8, 4) is 0 Å². The first-order valence-corrected chi connectivity index (χ1v) is 4.03. The number of halogens is 2. The number of methoxy groups -OCH3 is 1. The van der Waals surface area contributed by atoms with Gasteiger partial charge in [0.1, 0.15) is 3.39 Å². The van der Waals surface area contributed by atoms with Crippen LogP contribution < -0.4 is 5.32 Å². The van der Waals surface area contributed by atoms with Crippen LogP contribution >= 0.6 is 31.9 Å². The van der Waals surface area contributed by atoms with E-state index in [1.807, 2.05) is 0 Å². The molecule has 0 spiro atoms. The van der Waals surface area contributed by atoms with Crippen molar-refractivity contribution in [1.29, 1.82) is 0 Å². The highest BCUT2D eigenvalue weighted by atomic mass is 79.9. The van der Waals surface area contributed by atoms with Crippen molar-refractivity contribution in [3.63, 3.8) is 0 Å². The summed E-state index contributed by atoms with van der Waals surface area (Å²) in [6.07, 6.45) is 0. The molecule has 0 fully saturated rings. The van der Waals surface area contributed by atoms with E-state index in [0.717, 1.165) is 0 Å². The molecular formula is C5H7Br2NO2. The molecule has 0 bridgehead atoms. The number of ether oxygens (including phenoxy) is 1. The molecule has 0 atom stereocenters. The molecule has 0 aromatic heterocycles. The highest BCUT2D eigenvalue weighted by molar-refractivity contribution is 9.28. The molecule has 58 valence electrons. The highest BCUT2D eigenvalue weighted by Gasteiger charge is 2.01. The number of hydrogen-bond donors (Lipinski definition) is 1. The number of amides is 1. The smallest absolute Gasteiger partial charge is 0.223 e. The van der Waals surface area contributed by atoms with Gasteiger partial charge in [-0.05, 0) is 31.9 Å². The predicted octanol–water partition coefficient (Wildman–Crippen LogP) is 1.69. The topological polar surface area (TPSA) is 38.3 Å². The quantitative estimate of drug-likeness (QED) is 0.777. The molecule has 0 unspecified atom stereocenters. The van der Waals surface area contributed by atoms with E-state index in [1.54, 1.807) is 0 Å². The molecule has 0 aliphatic carbocycles. The molecule has 1 amide bonds. The Morgan fingerprint density at radius 1 is 1.50 bits per heavy atom. The average molecular weight is 273 g/mol. The summed E-state index contributed by atoms with van der Waals surface area (Å²) >= 11 is 6.17. The third-order valence-electron chi connectivity index (χ3n) is 0.665. The fourth-order valence-corrected chi connectivity index (χ4v) is 0.857. The second kappa shape index (κ2) is 4.73. The van der Waals surface area contributed by atoms with Crippen molar-refractivity contribution in [3.05, 3.63) is 9.27 Å². The van der Waals surface area contributed by atoms with Gasteiger partial charge in [0.25, 0.3) is 0 Å². The van der Waals surface area contributed by atoms with Gasteiger partial charge in [-0.2, -0.15) is 0 Å². The number of rotatable bonds is 2. The van der Waals surface area contributed by atoms with Crippen LogP contribution in [0.1, 0.15) is 6.92 Å². The van der Waals surface area contributed by atoms with Gasteiger partial charge in [-0.15, -0.1) is 0 Å². The van der Waals surface area contributed by atoms with Gasteiger partial charge in [0.15, 0.2) is 0 Å². The van der Waals surface area contributed by atoms with Crippen molar-refractivity contribution in [2.45, 2.75) is 6.92 Å². The van der Waals surface area contributed by atoms with Crippen LogP contribution in [0.4, 0.5) is 0 Å². The molecule has 0 radical (unpaired) electrons. The summed E-state index contributed by atoms with van der Waals surface area (Å²) in [4.78, 5) is 10.5. The summed E-state index contributed by atoms with van der Waals surface area (Å²) < 4.78 is 5.36. The molecule has 10 heavy (non-hydrogen) atoms. The largest absolute Gasteiger partial charge is 0.481 e. The Morgan fingerprint density at radius 3 is 2.10 bits per heavy atom. The van der Waals surface area contributed by atoms with Gasteiger partial charge < -0.3 is 4.74 Å². The average Bonchev–Trinajstić information content (AvgIpc) is 1.81. The Balaban J connectivity index is 4.11. The van der Waals surface area contributed by atoms with Gasteiger partial charge in [-0.1, -0.05) is 0 Å². The Bertz CT molecular complexity index is 163. The van der Waals surface area contributed by atoms with E-state index in [0.29, 0.717) is 9.27 Å². The molecule has 3 nitrogen and oxygen atoms in total. The zero-order valence-electron chi connectivity index (χ0n) is 5.57. The van der Waals surface area contributed by atoms with E-state index in [2.05, 4.69) is 37.2 Å². The highest BCUT2D eigenvalue weighted by Crippen LogP contribution is 2.17. The minimum atomic E-state index is -0.173. The zero-order chi connectivity index (χ0) is 8.15. The minimum Gasteiger partial charge on any atom is -0.481 e. The standard InChI is InChI=1S/C5H7Br2NO2/c1-3(9)8-5(10-2)4(6)7/h1-2H3,(H,8,9). The second-order valence-electron chi connectivity index (χ2n) is 1.47. The van der Waals surface area contributed by atoms with E-state index < -0.39 is 0 Å². The number of hydrogen-bond acceptors (Lipinski definition) is 2. The summed E-state index contributed by atoms with van der Waals surface area (Å²) in [5, 5.41) is 2.45. The van der Waals surface area contributed by atoms with Gasteiger partial charge in [0.05, 0.1) is 7.11 Å². The minimum absolute atomic E-state index is 0.173. The Kier molecular flexibility index (Phi) is 4.72. The number of carbonyl (C=O) groups excluding carboxylic acids is 1. The Morgan fingerprint density at radius 2 is 2.00 bits per heavy atom. The van der Waals surface area contributed by atoms with Crippen LogP contribution in [0.5, 0.6) is 0 Å². The van der Waals surface area contributed by atoms with Crippen molar-refractivity contribution < 1.29 is 9.53 Å². The lowest BCUT2D eigenvalue weighted by atomic mass is 10.7. The molecule has 5 heteroatoms. The Hall–Kier alpha value is -0.0300. The first-order valence-electron chi connectivity index (χ1n) is 2.44. The van der Waals surface area contributed by atoms with Crippen molar-refractivity contribution in [2.75, 3.05) is 7.11 Å². The zero-order valence-corrected chi connectivity index (χ0v) is 8.74. The van der Waals surface area contributed by atoms with Gasteiger partial charge in [-0.3, -0.25) is 10.1 Å². The molecule has 0 aromatic carbocycles. The lowest BCUT2D eigenvalue weighted by Gasteiger charge is -2.05. The van der Waals surface area contributed by atoms with E-state index in [9.17, 15) is 4.79 Å². The van der Waals surface area contributed by atoms with Crippen LogP contribution in [0.2, 0.25) is 0 Å². The van der Waals surface area contributed by atoms with E-state index in [1.165, 1.54) is 14.0 Å². The van der Waals surface area contributed by atoms with E-state index >= 15 is 0 Å². The molecule has 1 N–H and O–H groups in total. The summed E-state index contributed by atoms with van der Waals surface area (Å²) in [5.74, 6) is 0.195. The molecular weight excluding hydrogens is 266 g/mol. The lowest BCUT2D eigenvalue weighted by molar-refractivity contribution is -0.119. The molecule has 0 aromatic rings. The first kappa shape index (κ1) is 9.97. The summed E-state index contributed by atoms with van der Waals surface area (Å²) in [6.45, 7) is 1.40. The fraction of sp³-hybridized carbons (Fsp3) is 0.400. The van der Waals surface area contributed by atoms with Gasteiger partial charge in [0.2, 0.25) is 11.8 Å². The van der Waals surface area contributed by atoms with Crippen molar-refractivity contribution in [2.24, 2.45) is 0 Å². The van der Waals surface area contributed by atoms with Gasteiger partial charge in [-0.25, -0.2) is 0 Å². The van der Waals surface area contributed by atoms with Crippen LogP contribution in [-0.2, 0) is 9.53 Å². The van der Waals surface area contributed by atoms with Crippen LogP contribution in [0.15, 0.2) is 9.27 Å². The monoisotopic (exact) mass is 271 g/mol. The van der Waals surface area contributed by atoms with Crippen molar-refractivity contribution >= 4 is 37.8 Å². The maximum absolute atomic E-state index is 10.5. The fourth-order valence-electron chi connectivity index (χ4n) is 0.335. The van der Waals surface area contributed by atoms with Crippen LogP contribution in [0.25, 0.3) is 0 Å². The third kappa shape index (κ3) is 3.90. The Labute approximate surface area is 76.1 Å². The van der Waals surface area contributed by atoms with Gasteiger partial charge in [0, 0.05) is 6.92 Å². The summed E-state index contributed by atoms with van der Waals surface area (Å²) in [7, 11) is 1.47. The molecule has 0 heterocycles. The summed E-state index contributed by atoms with van der Waals surface area (Å²) in [6, 6.07) is 0. The van der Waals surface area contributed by atoms with Crippen LogP contribution in [0, 0.1) is 0 Å². The van der Waals surface area contributed by atoms with Crippen molar-refractivity contribution in [1.82, 2.24) is 5.32 Å². The summed E-state index contributed by atoms with van der Waals surface area (Å²) in [5.41, 5.74) is 0. The second-order valence-corrected chi connectivity index (χ2v) is 4.12. The SMILES string of the molecule is COC(NC(C)=O)=C(Br)Br. The van der Waals surface area contributed by atoms with E-state index in [4.69, 9.17) is 4.74 Å².